The van der Waals surface area contributed by atoms with Crippen LogP contribution in [-0.4, -0.2) is 51.0 Å². The number of sulfonamides is 1. The monoisotopic (exact) mass is 466 g/mol. The number of anilines is 1. The fraction of sp³-hybridized carbons (Fsp3) is 0.240. The summed E-state index contributed by atoms with van der Waals surface area (Å²) in [6.45, 7) is 3.02. The van der Waals surface area contributed by atoms with Gasteiger partial charge in [0.2, 0.25) is 10.0 Å². The average molecular weight is 467 g/mol. The third-order valence-corrected chi connectivity index (χ3v) is 7.25. The summed E-state index contributed by atoms with van der Waals surface area (Å²) in [7, 11) is -3.65. The van der Waals surface area contributed by atoms with Crippen LogP contribution >= 0.6 is 0 Å². The minimum Gasteiger partial charge on any atom is -0.481 e. The molecule has 1 aliphatic heterocycles. The molecule has 3 aromatic rings. The number of morpholine rings is 1. The molecule has 0 spiro atoms. The van der Waals surface area contributed by atoms with Crippen LogP contribution in [-0.2, 0) is 19.6 Å². The zero-order valence-electron chi connectivity index (χ0n) is 18.3. The van der Waals surface area contributed by atoms with Gasteiger partial charge in [0, 0.05) is 18.8 Å². The van der Waals surface area contributed by atoms with Gasteiger partial charge in [0.05, 0.1) is 18.1 Å². The van der Waals surface area contributed by atoms with E-state index in [2.05, 4.69) is 5.32 Å². The summed E-state index contributed by atoms with van der Waals surface area (Å²) in [5.41, 5.74) is 2.55. The summed E-state index contributed by atoms with van der Waals surface area (Å²) in [6.07, 6.45) is -0.771. The van der Waals surface area contributed by atoms with Crippen molar-refractivity contribution in [2.24, 2.45) is 0 Å². The first kappa shape index (κ1) is 23.0. The largest absolute Gasteiger partial charge is 0.481 e. The van der Waals surface area contributed by atoms with Crippen LogP contribution in [0.15, 0.2) is 83.8 Å². The fourth-order valence-corrected chi connectivity index (χ4v) is 4.98. The lowest BCUT2D eigenvalue weighted by molar-refractivity contribution is -0.122. The number of hydrogen-bond acceptors (Lipinski definition) is 5. The van der Waals surface area contributed by atoms with Crippen molar-refractivity contribution >= 4 is 21.6 Å². The standard InChI is InChI=1S/C25H26N2O5S/c1-19(32-23-12-10-21(11-13-23)20-6-3-2-4-7-20)25(28)26-22-8-5-9-24(18-22)33(29,30)27-14-16-31-17-15-27/h2-13,18-19H,14-17H2,1H3,(H,26,28). The van der Waals surface area contributed by atoms with Gasteiger partial charge in [-0.15, -0.1) is 0 Å². The van der Waals surface area contributed by atoms with Gasteiger partial charge in [-0.05, 0) is 48.4 Å². The lowest BCUT2D eigenvalue weighted by Gasteiger charge is -2.26. The number of ether oxygens (including phenoxy) is 2. The van der Waals surface area contributed by atoms with Crippen LogP contribution in [0.4, 0.5) is 5.69 Å². The quantitative estimate of drug-likeness (QED) is 0.573. The minimum absolute atomic E-state index is 0.132. The van der Waals surface area contributed by atoms with Gasteiger partial charge < -0.3 is 14.8 Å². The molecule has 3 aromatic carbocycles. The molecule has 0 aromatic heterocycles. The van der Waals surface area contributed by atoms with Gasteiger partial charge in [0.1, 0.15) is 5.75 Å². The lowest BCUT2D eigenvalue weighted by Crippen LogP contribution is -2.40. The molecule has 0 aliphatic carbocycles. The highest BCUT2D eigenvalue weighted by Crippen LogP contribution is 2.24. The SMILES string of the molecule is CC(Oc1ccc(-c2ccccc2)cc1)C(=O)Nc1cccc(S(=O)(=O)N2CCOCC2)c1. The van der Waals surface area contributed by atoms with Gasteiger partial charge in [-0.2, -0.15) is 4.31 Å². The Balaban J connectivity index is 1.39. The highest BCUT2D eigenvalue weighted by Gasteiger charge is 2.26. The van der Waals surface area contributed by atoms with Crippen LogP contribution in [0.25, 0.3) is 11.1 Å². The van der Waals surface area contributed by atoms with Gasteiger partial charge in [-0.1, -0.05) is 48.5 Å². The summed E-state index contributed by atoms with van der Waals surface area (Å²) < 4.78 is 38.1. The maximum Gasteiger partial charge on any atom is 0.265 e. The lowest BCUT2D eigenvalue weighted by atomic mass is 10.1. The van der Waals surface area contributed by atoms with Crippen LogP contribution < -0.4 is 10.1 Å². The predicted molar refractivity (Wildman–Crippen MR) is 127 cm³/mol. The Bertz CT molecular complexity index is 1190. The molecular weight excluding hydrogens is 440 g/mol. The van der Waals surface area contributed by atoms with Crippen LogP contribution in [0.5, 0.6) is 5.75 Å². The van der Waals surface area contributed by atoms with Crippen molar-refractivity contribution in [3.8, 4) is 16.9 Å². The predicted octanol–water partition coefficient (Wildman–Crippen LogP) is 3.78. The van der Waals surface area contributed by atoms with Crippen molar-refractivity contribution in [2.75, 3.05) is 31.6 Å². The first-order valence-electron chi connectivity index (χ1n) is 10.7. The van der Waals surface area contributed by atoms with Gasteiger partial charge >= 0.3 is 0 Å². The first-order valence-corrected chi connectivity index (χ1v) is 12.2. The molecule has 172 valence electrons. The van der Waals surface area contributed by atoms with E-state index in [4.69, 9.17) is 9.47 Å². The molecule has 8 heteroatoms. The van der Waals surface area contributed by atoms with E-state index in [0.29, 0.717) is 37.7 Å². The molecule has 0 radical (unpaired) electrons. The van der Waals surface area contributed by atoms with Crippen molar-refractivity contribution in [3.63, 3.8) is 0 Å². The highest BCUT2D eigenvalue weighted by atomic mass is 32.2. The van der Waals surface area contributed by atoms with Crippen molar-refractivity contribution in [2.45, 2.75) is 17.9 Å². The number of nitrogens with zero attached hydrogens (tertiary/aromatic N) is 1. The number of rotatable bonds is 7. The normalized spacial score (nSPS) is 15.5. The molecular formula is C25H26N2O5S. The Morgan fingerprint density at radius 1 is 0.939 bits per heavy atom. The summed E-state index contributed by atoms with van der Waals surface area (Å²) in [4.78, 5) is 12.8. The van der Waals surface area contributed by atoms with Crippen molar-refractivity contribution in [1.29, 1.82) is 0 Å². The van der Waals surface area contributed by atoms with Gasteiger partial charge in [-0.3, -0.25) is 4.79 Å². The smallest absolute Gasteiger partial charge is 0.265 e. The molecule has 1 heterocycles. The van der Waals surface area contributed by atoms with Crippen molar-refractivity contribution < 1.29 is 22.7 Å². The molecule has 1 fully saturated rings. The van der Waals surface area contributed by atoms with E-state index in [-0.39, 0.29) is 10.8 Å². The van der Waals surface area contributed by atoms with E-state index in [1.165, 1.54) is 16.4 Å². The van der Waals surface area contributed by atoms with Gasteiger partial charge in [0.25, 0.3) is 5.91 Å². The molecule has 1 N–H and O–H groups in total. The van der Waals surface area contributed by atoms with Crippen LogP contribution in [0, 0.1) is 0 Å². The number of amides is 1. The van der Waals surface area contributed by atoms with Gasteiger partial charge in [0.15, 0.2) is 6.10 Å². The molecule has 7 nitrogen and oxygen atoms in total. The van der Waals surface area contributed by atoms with E-state index in [1.54, 1.807) is 19.1 Å². The van der Waals surface area contributed by atoms with Crippen LogP contribution in [0.2, 0.25) is 0 Å². The fourth-order valence-electron chi connectivity index (χ4n) is 3.53. The minimum atomic E-state index is -3.65. The van der Waals surface area contributed by atoms with E-state index in [0.717, 1.165) is 11.1 Å². The Labute approximate surface area is 194 Å². The second kappa shape index (κ2) is 10.2. The van der Waals surface area contributed by atoms with E-state index < -0.39 is 16.1 Å². The number of carbonyl (C=O) groups is 1. The maximum absolute atomic E-state index is 12.9. The second-order valence-corrected chi connectivity index (χ2v) is 9.62. The van der Waals surface area contributed by atoms with Crippen molar-refractivity contribution in [3.05, 3.63) is 78.9 Å². The number of nitrogens with one attached hydrogen (secondary N) is 1. The average Bonchev–Trinajstić information content (AvgIpc) is 2.85. The molecule has 0 saturated carbocycles. The molecule has 1 atom stereocenters. The molecule has 33 heavy (non-hydrogen) atoms. The van der Waals surface area contributed by atoms with Gasteiger partial charge in [-0.25, -0.2) is 8.42 Å². The Kier molecular flexibility index (Phi) is 7.08. The van der Waals surface area contributed by atoms with Crippen LogP contribution in [0.1, 0.15) is 6.92 Å². The van der Waals surface area contributed by atoms with Crippen molar-refractivity contribution in [1.82, 2.24) is 4.31 Å². The first-order chi connectivity index (χ1) is 15.9. The summed E-state index contributed by atoms with van der Waals surface area (Å²) in [5, 5.41) is 2.74. The number of hydrogen-bond donors (Lipinski definition) is 1. The maximum atomic E-state index is 12.9. The Morgan fingerprint density at radius 3 is 2.30 bits per heavy atom. The van der Waals surface area contributed by atoms with E-state index in [1.807, 2.05) is 54.6 Å². The second-order valence-electron chi connectivity index (χ2n) is 7.68. The highest BCUT2D eigenvalue weighted by molar-refractivity contribution is 7.89. The Morgan fingerprint density at radius 2 is 1.61 bits per heavy atom. The van der Waals surface area contributed by atoms with E-state index in [9.17, 15) is 13.2 Å². The summed E-state index contributed by atoms with van der Waals surface area (Å²) in [6, 6.07) is 23.7. The zero-order valence-corrected chi connectivity index (χ0v) is 19.1. The molecule has 0 bridgehead atoms. The molecule has 1 aliphatic rings. The molecule has 1 unspecified atom stereocenters. The van der Waals surface area contributed by atoms with E-state index >= 15 is 0 Å². The molecule has 1 saturated heterocycles. The zero-order chi connectivity index (χ0) is 23.3. The third-order valence-electron chi connectivity index (χ3n) is 5.35. The Hall–Kier alpha value is -3.20. The summed E-state index contributed by atoms with van der Waals surface area (Å²) in [5.74, 6) is 0.198. The number of benzene rings is 3. The number of carbonyl (C=O) groups excluding carboxylic acids is 1. The molecule has 4 rings (SSSR count). The van der Waals surface area contributed by atoms with Crippen LogP contribution in [0.3, 0.4) is 0 Å². The topological polar surface area (TPSA) is 84.9 Å². The summed E-state index contributed by atoms with van der Waals surface area (Å²) >= 11 is 0. The third kappa shape index (κ3) is 5.60. The molecule has 1 amide bonds.